The third-order valence-corrected chi connectivity index (χ3v) is 2.95. The molecular weight excluding hydrogens is 240 g/mol. The highest BCUT2D eigenvalue weighted by atomic mass is 16.6. The summed E-state index contributed by atoms with van der Waals surface area (Å²) in [7, 11) is 0. The van der Waals surface area contributed by atoms with Crippen molar-refractivity contribution in [3.8, 4) is 12.3 Å². The van der Waals surface area contributed by atoms with Crippen LogP contribution in [-0.2, 0) is 4.74 Å². The molecule has 3 atom stereocenters. The minimum Gasteiger partial charge on any atom is -0.392 e. The maximum absolute atomic E-state index is 11.6. The fourth-order valence-electron chi connectivity index (χ4n) is 1.89. The van der Waals surface area contributed by atoms with Crippen LogP contribution in [0.3, 0.4) is 0 Å². The van der Waals surface area contributed by atoms with Gasteiger partial charge < -0.3 is 14.9 Å². The minimum absolute atomic E-state index is 0.0523. The SMILES string of the molecule is C#C[C@]1(CO)O[C@@H](n2ccc(=O)[nH]c2=O)CC1O. The summed E-state index contributed by atoms with van der Waals surface area (Å²) in [5, 5.41) is 19.0. The van der Waals surface area contributed by atoms with Crippen molar-refractivity contribution in [3.05, 3.63) is 33.1 Å². The molecule has 0 saturated carbocycles. The van der Waals surface area contributed by atoms with E-state index in [-0.39, 0.29) is 6.42 Å². The Kier molecular flexibility index (Phi) is 3.09. The second-order valence-corrected chi connectivity index (χ2v) is 4.03. The third-order valence-electron chi connectivity index (χ3n) is 2.95. The topological polar surface area (TPSA) is 105 Å². The van der Waals surface area contributed by atoms with Crippen molar-refractivity contribution >= 4 is 0 Å². The van der Waals surface area contributed by atoms with E-state index >= 15 is 0 Å². The van der Waals surface area contributed by atoms with Crippen molar-refractivity contribution in [2.24, 2.45) is 0 Å². The molecule has 96 valence electrons. The molecule has 0 aliphatic carbocycles. The van der Waals surface area contributed by atoms with Gasteiger partial charge in [-0.05, 0) is 0 Å². The van der Waals surface area contributed by atoms with Gasteiger partial charge in [-0.2, -0.15) is 0 Å². The highest BCUT2D eigenvalue weighted by Gasteiger charge is 2.47. The zero-order valence-corrected chi connectivity index (χ0v) is 9.37. The molecule has 3 N–H and O–H groups in total. The Labute approximate surface area is 102 Å². The molecule has 0 amide bonds. The van der Waals surface area contributed by atoms with E-state index in [1.54, 1.807) is 0 Å². The van der Waals surface area contributed by atoms with Gasteiger partial charge in [0.05, 0.1) is 6.61 Å². The van der Waals surface area contributed by atoms with Crippen LogP contribution >= 0.6 is 0 Å². The van der Waals surface area contributed by atoms with Crippen molar-refractivity contribution in [3.63, 3.8) is 0 Å². The van der Waals surface area contributed by atoms with Gasteiger partial charge in [0.25, 0.3) is 5.56 Å². The summed E-state index contributed by atoms with van der Waals surface area (Å²) < 4.78 is 6.48. The van der Waals surface area contributed by atoms with Gasteiger partial charge in [-0.1, -0.05) is 5.92 Å². The lowest BCUT2D eigenvalue weighted by atomic mass is 9.99. The number of ether oxygens (including phenoxy) is 1. The van der Waals surface area contributed by atoms with E-state index in [0.29, 0.717) is 0 Å². The molecule has 1 aliphatic heterocycles. The van der Waals surface area contributed by atoms with Crippen LogP contribution in [0.1, 0.15) is 12.6 Å². The van der Waals surface area contributed by atoms with Crippen LogP contribution in [-0.4, -0.2) is 38.1 Å². The van der Waals surface area contributed by atoms with Gasteiger partial charge in [-0.15, -0.1) is 6.42 Å². The Morgan fingerprint density at radius 2 is 2.39 bits per heavy atom. The molecule has 1 aromatic rings. The molecular formula is C11H12N2O5. The summed E-state index contributed by atoms with van der Waals surface area (Å²) in [6.07, 6.45) is 4.62. The normalized spacial score (nSPS) is 31.2. The first-order chi connectivity index (χ1) is 8.52. The zero-order valence-electron chi connectivity index (χ0n) is 9.37. The lowest BCUT2D eigenvalue weighted by Crippen LogP contribution is -2.41. The van der Waals surface area contributed by atoms with E-state index in [2.05, 4.69) is 10.9 Å². The Hall–Kier alpha value is -1.88. The summed E-state index contributed by atoms with van der Waals surface area (Å²) in [5.74, 6) is 2.20. The average molecular weight is 252 g/mol. The predicted octanol–water partition coefficient (Wildman–Crippen LogP) is -1.82. The fraction of sp³-hybridized carbons (Fsp3) is 0.455. The van der Waals surface area contributed by atoms with Gasteiger partial charge in [-0.25, -0.2) is 4.79 Å². The first-order valence-corrected chi connectivity index (χ1v) is 5.28. The van der Waals surface area contributed by atoms with Crippen molar-refractivity contribution < 1.29 is 14.9 Å². The molecule has 7 nitrogen and oxygen atoms in total. The fourth-order valence-corrected chi connectivity index (χ4v) is 1.89. The summed E-state index contributed by atoms with van der Waals surface area (Å²) in [4.78, 5) is 24.6. The number of hydrogen-bond acceptors (Lipinski definition) is 5. The van der Waals surface area contributed by atoms with E-state index < -0.39 is 35.8 Å². The van der Waals surface area contributed by atoms with Gasteiger partial charge in [-0.3, -0.25) is 14.3 Å². The second kappa shape index (κ2) is 4.42. The monoisotopic (exact) mass is 252 g/mol. The summed E-state index contributed by atoms with van der Waals surface area (Å²) in [6.45, 7) is -0.556. The zero-order chi connectivity index (χ0) is 13.3. The number of nitrogens with zero attached hydrogens (tertiary/aromatic N) is 1. The first kappa shape index (κ1) is 12.6. The molecule has 0 aromatic carbocycles. The lowest BCUT2D eigenvalue weighted by Gasteiger charge is -2.23. The molecule has 0 spiro atoms. The quantitative estimate of drug-likeness (QED) is 0.538. The number of terminal acetylenes is 1. The maximum atomic E-state index is 11.6. The molecule has 1 saturated heterocycles. The molecule has 7 heteroatoms. The number of aromatic nitrogens is 2. The number of rotatable bonds is 2. The number of aromatic amines is 1. The number of H-pyrrole nitrogens is 1. The minimum atomic E-state index is -1.51. The Bertz CT molecular complexity index is 598. The summed E-state index contributed by atoms with van der Waals surface area (Å²) >= 11 is 0. The molecule has 2 heterocycles. The first-order valence-electron chi connectivity index (χ1n) is 5.28. The Morgan fingerprint density at radius 1 is 1.67 bits per heavy atom. The van der Waals surface area contributed by atoms with Gasteiger partial charge in [0.2, 0.25) is 0 Å². The largest absolute Gasteiger partial charge is 0.392 e. The van der Waals surface area contributed by atoms with Crippen LogP contribution in [0, 0.1) is 12.3 Å². The molecule has 0 radical (unpaired) electrons. The molecule has 2 rings (SSSR count). The molecule has 0 bridgehead atoms. The highest BCUT2D eigenvalue weighted by molar-refractivity contribution is 5.15. The number of nitrogens with one attached hydrogen (secondary N) is 1. The highest BCUT2D eigenvalue weighted by Crippen LogP contribution is 2.35. The number of aliphatic hydroxyl groups is 2. The smallest absolute Gasteiger partial charge is 0.330 e. The third kappa shape index (κ3) is 1.86. The van der Waals surface area contributed by atoms with E-state index in [4.69, 9.17) is 11.2 Å². The van der Waals surface area contributed by atoms with Crippen molar-refractivity contribution in [2.75, 3.05) is 6.61 Å². The van der Waals surface area contributed by atoms with Crippen LogP contribution in [0.2, 0.25) is 0 Å². The number of hydrogen-bond donors (Lipinski definition) is 3. The lowest BCUT2D eigenvalue weighted by molar-refractivity contribution is -0.0912. The number of aliphatic hydroxyl groups excluding tert-OH is 2. The van der Waals surface area contributed by atoms with E-state index in [9.17, 15) is 19.8 Å². The molecule has 18 heavy (non-hydrogen) atoms. The average Bonchev–Trinajstić information content (AvgIpc) is 2.67. The molecule has 1 aliphatic rings. The van der Waals surface area contributed by atoms with E-state index in [1.807, 2.05) is 0 Å². The van der Waals surface area contributed by atoms with Crippen LogP contribution < -0.4 is 11.2 Å². The Morgan fingerprint density at radius 3 is 2.89 bits per heavy atom. The van der Waals surface area contributed by atoms with Crippen molar-refractivity contribution in [1.82, 2.24) is 9.55 Å². The van der Waals surface area contributed by atoms with Gasteiger partial charge in [0.1, 0.15) is 12.3 Å². The van der Waals surface area contributed by atoms with E-state index in [0.717, 1.165) is 10.6 Å². The van der Waals surface area contributed by atoms with Gasteiger partial charge >= 0.3 is 5.69 Å². The Balaban J connectivity index is 2.36. The van der Waals surface area contributed by atoms with Crippen molar-refractivity contribution in [2.45, 2.75) is 24.4 Å². The molecule has 1 fully saturated rings. The predicted molar refractivity (Wildman–Crippen MR) is 60.7 cm³/mol. The second-order valence-electron chi connectivity index (χ2n) is 4.03. The van der Waals surface area contributed by atoms with E-state index in [1.165, 1.54) is 6.20 Å². The molecule has 1 unspecified atom stereocenters. The van der Waals surface area contributed by atoms with Crippen LogP contribution in [0.5, 0.6) is 0 Å². The summed E-state index contributed by atoms with van der Waals surface area (Å²) in [6, 6.07) is 1.16. The van der Waals surface area contributed by atoms with Gasteiger partial charge in [0.15, 0.2) is 5.60 Å². The maximum Gasteiger partial charge on any atom is 0.330 e. The van der Waals surface area contributed by atoms with Crippen LogP contribution in [0.25, 0.3) is 0 Å². The summed E-state index contributed by atoms with van der Waals surface area (Å²) in [5.41, 5.74) is -2.70. The van der Waals surface area contributed by atoms with Crippen LogP contribution in [0.4, 0.5) is 0 Å². The van der Waals surface area contributed by atoms with Gasteiger partial charge in [0, 0.05) is 18.7 Å². The molecule has 1 aromatic heterocycles. The van der Waals surface area contributed by atoms with Crippen LogP contribution in [0.15, 0.2) is 21.9 Å². The van der Waals surface area contributed by atoms with Crippen molar-refractivity contribution in [1.29, 1.82) is 0 Å². The standard InChI is InChI=1S/C11H12N2O5/c1-2-11(6-14)7(15)5-9(18-11)13-4-3-8(16)12-10(13)17/h1,3-4,7,9,14-15H,5-6H2,(H,12,16,17)/t7?,9-,11-/m1/s1.